The molecule has 6 nitrogen and oxygen atoms in total. The Hall–Kier alpha value is -2.24. The number of ether oxygens (including phenoxy) is 1. The van der Waals surface area contributed by atoms with E-state index < -0.39 is 11.4 Å². The van der Waals surface area contributed by atoms with Crippen LogP contribution in [0, 0.1) is 11.3 Å². The molecule has 24 heavy (non-hydrogen) atoms. The number of carbonyl (C=O) groups excluding carboxylic acids is 1. The Balaban J connectivity index is 1.40. The maximum atomic E-state index is 12.6. The van der Waals surface area contributed by atoms with Crippen LogP contribution < -0.4 is 10.1 Å². The SMILES string of the molecule is O=C(NC1COc2ccccc2C1)N1C[C@@H]2CCC[C@@]2(C(=O)O)C1. The number of fused-ring (bicyclic) bond motifs is 2. The van der Waals surface area contributed by atoms with Gasteiger partial charge in [-0.15, -0.1) is 0 Å². The van der Waals surface area contributed by atoms with Crippen molar-refractivity contribution in [2.24, 2.45) is 11.3 Å². The minimum atomic E-state index is -0.754. The number of likely N-dealkylation sites (tertiary alicyclic amines) is 1. The highest BCUT2D eigenvalue weighted by molar-refractivity contribution is 5.80. The number of nitrogens with zero attached hydrogens (tertiary/aromatic N) is 1. The summed E-state index contributed by atoms with van der Waals surface area (Å²) in [6.45, 7) is 1.31. The van der Waals surface area contributed by atoms with Gasteiger partial charge in [0.15, 0.2) is 0 Å². The second kappa shape index (κ2) is 5.69. The van der Waals surface area contributed by atoms with Gasteiger partial charge in [-0.3, -0.25) is 4.79 Å². The molecule has 1 aromatic carbocycles. The average Bonchev–Trinajstić information content (AvgIpc) is 3.13. The molecule has 0 aromatic heterocycles. The zero-order valence-electron chi connectivity index (χ0n) is 13.5. The molecule has 0 radical (unpaired) electrons. The summed E-state index contributed by atoms with van der Waals surface area (Å²) in [6.07, 6.45) is 3.26. The van der Waals surface area contributed by atoms with Crippen LogP contribution in [0.3, 0.4) is 0 Å². The van der Waals surface area contributed by atoms with Gasteiger partial charge in [-0.2, -0.15) is 0 Å². The molecule has 4 rings (SSSR count). The van der Waals surface area contributed by atoms with Gasteiger partial charge >= 0.3 is 12.0 Å². The molecule has 6 heteroatoms. The maximum Gasteiger partial charge on any atom is 0.317 e. The van der Waals surface area contributed by atoms with Crippen LogP contribution in [0.15, 0.2) is 24.3 Å². The van der Waals surface area contributed by atoms with Crippen molar-refractivity contribution in [3.8, 4) is 5.75 Å². The molecule has 1 unspecified atom stereocenters. The summed E-state index contributed by atoms with van der Waals surface area (Å²) in [5.41, 5.74) is 0.363. The highest BCUT2D eigenvalue weighted by Crippen LogP contribution is 2.48. The van der Waals surface area contributed by atoms with E-state index in [9.17, 15) is 14.7 Å². The number of benzene rings is 1. The molecular weight excluding hydrogens is 308 g/mol. The molecule has 0 bridgehead atoms. The van der Waals surface area contributed by atoms with Crippen LogP contribution in [0.2, 0.25) is 0 Å². The normalized spacial score (nSPS) is 31.1. The van der Waals surface area contributed by atoms with Crippen LogP contribution in [0.1, 0.15) is 24.8 Å². The molecule has 0 spiro atoms. The van der Waals surface area contributed by atoms with E-state index in [4.69, 9.17) is 4.74 Å². The van der Waals surface area contributed by atoms with Crippen molar-refractivity contribution < 1.29 is 19.4 Å². The van der Waals surface area contributed by atoms with Gasteiger partial charge in [0.05, 0.1) is 11.5 Å². The molecule has 2 aliphatic heterocycles. The monoisotopic (exact) mass is 330 g/mol. The Morgan fingerprint density at radius 1 is 1.33 bits per heavy atom. The summed E-state index contributed by atoms with van der Waals surface area (Å²) in [4.78, 5) is 26.0. The average molecular weight is 330 g/mol. The number of rotatable bonds is 2. The molecule has 2 fully saturated rings. The molecule has 2 N–H and O–H groups in total. The molecule has 2 heterocycles. The molecule has 3 atom stereocenters. The predicted molar refractivity (Wildman–Crippen MR) is 86.9 cm³/mol. The third-order valence-electron chi connectivity index (χ3n) is 5.79. The second-order valence-electron chi connectivity index (χ2n) is 7.20. The van der Waals surface area contributed by atoms with Crippen molar-refractivity contribution in [2.45, 2.75) is 31.7 Å². The van der Waals surface area contributed by atoms with Gasteiger partial charge in [0.25, 0.3) is 0 Å². The van der Waals surface area contributed by atoms with Crippen LogP contribution >= 0.6 is 0 Å². The Morgan fingerprint density at radius 2 is 2.17 bits per heavy atom. The first-order chi connectivity index (χ1) is 11.6. The molecule has 1 aromatic rings. The van der Waals surface area contributed by atoms with Gasteiger partial charge < -0.3 is 20.1 Å². The van der Waals surface area contributed by atoms with Crippen molar-refractivity contribution >= 4 is 12.0 Å². The number of para-hydroxylation sites is 1. The maximum absolute atomic E-state index is 12.6. The lowest BCUT2D eigenvalue weighted by molar-refractivity contribution is -0.149. The van der Waals surface area contributed by atoms with Crippen molar-refractivity contribution in [2.75, 3.05) is 19.7 Å². The molecule has 3 aliphatic rings. The van der Waals surface area contributed by atoms with E-state index in [1.807, 2.05) is 24.3 Å². The number of urea groups is 1. The summed E-state index contributed by atoms with van der Waals surface area (Å²) < 4.78 is 5.70. The third kappa shape index (κ3) is 2.41. The van der Waals surface area contributed by atoms with Crippen LogP contribution in [-0.4, -0.2) is 47.7 Å². The Kier molecular flexibility index (Phi) is 3.62. The van der Waals surface area contributed by atoms with E-state index in [1.54, 1.807) is 4.90 Å². The molecule has 128 valence electrons. The van der Waals surface area contributed by atoms with Crippen LogP contribution in [0.25, 0.3) is 0 Å². The lowest BCUT2D eigenvalue weighted by Crippen LogP contribution is -2.49. The second-order valence-corrected chi connectivity index (χ2v) is 7.20. The van der Waals surface area contributed by atoms with Crippen molar-refractivity contribution in [1.82, 2.24) is 10.2 Å². The number of carboxylic acids is 1. The Morgan fingerprint density at radius 3 is 2.96 bits per heavy atom. The number of hydrogen-bond acceptors (Lipinski definition) is 3. The van der Waals surface area contributed by atoms with E-state index in [-0.39, 0.29) is 18.0 Å². The highest BCUT2D eigenvalue weighted by Gasteiger charge is 2.55. The van der Waals surface area contributed by atoms with E-state index >= 15 is 0 Å². The van der Waals surface area contributed by atoms with Crippen LogP contribution in [0.5, 0.6) is 5.75 Å². The fourth-order valence-electron chi connectivity index (χ4n) is 4.48. The first kappa shape index (κ1) is 15.3. The summed E-state index contributed by atoms with van der Waals surface area (Å²) in [6, 6.07) is 7.60. The van der Waals surface area contributed by atoms with E-state index in [0.717, 1.165) is 30.6 Å². The first-order valence-corrected chi connectivity index (χ1v) is 8.58. The van der Waals surface area contributed by atoms with Gasteiger partial charge in [0, 0.05) is 13.1 Å². The van der Waals surface area contributed by atoms with Gasteiger partial charge in [-0.25, -0.2) is 4.79 Å². The zero-order chi connectivity index (χ0) is 16.7. The fourth-order valence-corrected chi connectivity index (χ4v) is 4.48. The molecule has 1 saturated heterocycles. The topological polar surface area (TPSA) is 78.9 Å². The van der Waals surface area contributed by atoms with Gasteiger partial charge in [-0.05, 0) is 36.8 Å². The number of aliphatic carboxylic acids is 1. The Labute approximate surface area is 140 Å². The minimum absolute atomic E-state index is 0.0754. The smallest absolute Gasteiger partial charge is 0.317 e. The molecule has 1 saturated carbocycles. The number of carboxylic acid groups (broad SMARTS) is 1. The van der Waals surface area contributed by atoms with Crippen molar-refractivity contribution in [3.63, 3.8) is 0 Å². The molecule has 1 aliphatic carbocycles. The predicted octanol–water partition coefficient (Wildman–Crippen LogP) is 1.89. The standard InChI is InChI=1S/C18H22N2O4/c21-16(22)18-7-3-5-13(18)9-20(11-18)17(23)19-14-8-12-4-1-2-6-15(12)24-10-14/h1-2,4,6,13-14H,3,5,7-11H2,(H,19,23)(H,21,22)/t13-,14?,18+/m0/s1. The molecule has 2 amide bonds. The first-order valence-electron chi connectivity index (χ1n) is 8.58. The van der Waals surface area contributed by atoms with Crippen LogP contribution in [-0.2, 0) is 11.2 Å². The van der Waals surface area contributed by atoms with Gasteiger partial charge in [0.2, 0.25) is 0 Å². The quantitative estimate of drug-likeness (QED) is 0.868. The number of hydrogen-bond donors (Lipinski definition) is 2. The minimum Gasteiger partial charge on any atom is -0.491 e. The van der Waals surface area contributed by atoms with Crippen molar-refractivity contribution in [3.05, 3.63) is 29.8 Å². The highest BCUT2D eigenvalue weighted by atomic mass is 16.5. The van der Waals surface area contributed by atoms with E-state index in [2.05, 4.69) is 5.32 Å². The third-order valence-corrected chi connectivity index (χ3v) is 5.79. The van der Waals surface area contributed by atoms with Gasteiger partial charge in [0.1, 0.15) is 12.4 Å². The summed E-state index contributed by atoms with van der Waals surface area (Å²) in [5, 5.41) is 12.6. The lowest BCUT2D eigenvalue weighted by atomic mass is 9.81. The number of nitrogens with one attached hydrogen (secondary N) is 1. The van der Waals surface area contributed by atoms with Gasteiger partial charge in [-0.1, -0.05) is 24.6 Å². The summed E-state index contributed by atoms with van der Waals surface area (Å²) in [5.74, 6) is 0.211. The lowest BCUT2D eigenvalue weighted by Gasteiger charge is -2.28. The fraction of sp³-hybridized carbons (Fsp3) is 0.556. The summed E-state index contributed by atoms with van der Waals surface area (Å²) in [7, 11) is 0. The number of amides is 2. The van der Waals surface area contributed by atoms with Crippen LogP contribution in [0.4, 0.5) is 4.79 Å². The Bertz CT molecular complexity index is 677. The largest absolute Gasteiger partial charge is 0.491 e. The van der Waals surface area contributed by atoms with Crippen molar-refractivity contribution in [1.29, 1.82) is 0 Å². The zero-order valence-corrected chi connectivity index (χ0v) is 13.5. The number of carbonyl (C=O) groups is 2. The van der Waals surface area contributed by atoms with E-state index in [0.29, 0.717) is 26.1 Å². The summed E-state index contributed by atoms with van der Waals surface area (Å²) >= 11 is 0. The van der Waals surface area contributed by atoms with E-state index in [1.165, 1.54) is 0 Å². The molecular formula is C18H22N2O4.